The number of ketones is 1. The molecule has 1 fully saturated rings. The molecule has 36 heavy (non-hydrogen) atoms. The number of rotatable bonds is 6. The van der Waals surface area contributed by atoms with Gasteiger partial charge in [-0.15, -0.1) is 11.3 Å². The van der Waals surface area contributed by atoms with Gasteiger partial charge in [-0.25, -0.2) is 0 Å². The number of carbonyl (C=O) groups excluding carboxylic acids is 2. The SMILES string of the molecule is CCOc1ccc(/C(O)=C2/C(=O)C(=O)N(c3cccc(OC)c3)C2c2sccc2C)cc1C(C)(C)C. The fourth-order valence-electron chi connectivity index (χ4n) is 4.47. The Morgan fingerprint density at radius 1 is 1.11 bits per heavy atom. The molecule has 4 rings (SSSR count). The summed E-state index contributed by atoms with van der Waals surface area (Å²) in [6.45, 7) is 10.6. The fourth-order valence-corrected chi connectivity index (χ4v) is 5.50. The third-order valence-corrected chi connectivity index (χ3v) is 7.36. The van der Waals surface area contributed by atoms with E-state index in [1.165, 1.54) is 16.2 Å². The summed E-state index contributed by atoms with van der Waals surface area (Å²) in [5.74, 6) is -0.324. The van der Waals surface area contributed by atoms with Crippen molar-refractivity contribution < 1.29 is 24.2 Å². The molecule has 0 bridgehead atoms. The van der Waals surface area contributed by atoms with Crippen molar-refractivity contribution in [2.75, 3.05) is 18.6 Å². The minimum Gasteiger partial charge on any atom is -0.507 e. The van der Waals surface area contributed by atoms with Gasteiger partial charge in [0.2, 0.25) is 0 Å². The Bertz CT molecular complexity index is 1350. The van der Waals surface area contributed by atoms with Gasteiger partial charge in [0.15, 0.2) is 0 Å². The Morgan fingerprint density at radius 3 is 2.47 bits per heavy atom. The molecule has 3 aromatic rings. The zero-order chi connectivity index (χ0) is 26.2. The van der Waals surface area contributed by atoms with Crippen LogP contribution in [0, 0.1) is 6.92 Å². The Morgan fingerprint density at radius 2 is 1.86 bits per heavy atom. The number of aliphatic hydroxyl groups is 1. The molecule has 1 amide bonds. The van der Waals surface area contributed by atoms with Crippen molar-refractivity contribution in [2.24, 2.45) is 0 Å². The van der Waals surface area contributed by atoms with Crippen LogP contribution < -0.4 is 14.4 Å². The van der Waals surface area contributed by atoms with Gasteiger partial charge in [-0.05, 0) is 66.6 Å². The smallest absolute Gasteiger partial charge is 0.300 e. The highest BCUT2D eigenvalue weighted by Gasteiger charge is 2.48. The summed E-state index contributed by atoms with van der Waals surface area (Å²) in [5, 5.41) is 13.5. The molecular weight excluding hydrogens is 474 g/mol. The van der Waals surface area contributed by atoms with E-state index in [0.29, 0.717) is 23.6 Å². The van der Waals surface area contributed by atoms with E-state index in [9.17, 15) is 14.7 Å². The van der Waals surface area contributed by atoms with Gasteiger partial charge in [0.1, 0.15) is 23.3 Å². The van der Waals surface area contributed by atoms with Crippen LogP contribution in [0.4, 0.5) is 5.69 Å². The number of aliphatic hydroxyl groups excluding tert-OH is 1. The lowest BCUT2D eigenvalue weighted by Crippen LogP contribution is -2.29. The van der Waals surface area contributed by atoms with Crippen LogP contribution >= 0.6 is 11.3 Å². The molecule has 2 aromatic carbocycles. The molecule has 0 spiro atoms. The van der Waals surface area contributed by atoms with E-state index in [4.69, 9.17) is 9.47 Å². The lowest BCUT2D eigenvalue weighted by atomic mass is 9.84. The standard InChI is InChI=1S/C29H31NO5S/c1-7-35-22-12-11-18(15-21(22)29(3,4)5)25(31)23-24(27-17(2)13-14-36-27)30(28(33)26(23)32)19-9-8-10-20(16-19)34-6/h8-16,24,31H,7H2,1-6H3/b25-23-. The second-order valence-electron chi connectivity index (χ2n) is 9.73. The number of Topliss-reactive ketones (excluding diaryl/α,β-unsaturated/α-hetero) is 1. The number of amides is 1. The van der Waals surface area contributed by atoms with E-state index in [0.717, 1.165) is 21.8 Å². The number of thiophene rings is 1. The first-order valence-corrected chi connectivity index (χ1v) is 12.7. The molecule has 2 heterocycles. The second-order valence-corrected chi connectivity index (χ2v) is 10.7. The zero-order valence-electron chi connectivity index (χ0n) is 21.4. The van der Waals surface area contributed by atoms with Crippen LogP contribution in [0.5, 0.6) is 11.5 Å². The molecular formula is C29H31NO5S. The quantitative estimate of drug-likeness (QED) is 0.239. The average molecular weight is 506 g/mol. The normalized spacial score (nSPS) is 17.5. The first-order valence-electron chi connectivity index (χ1n) is 11.8. The maximum Gasteiger partial charge on any atom is 0.300 e. The molecule has 0 radical (unpaired) electrons. The molecule has 6 nitrogen and oxygen atoms in total. The predicted octanol–water partition coefficient (Wildman–Crippen LogP) is 6.39. The maximum atomic E-state index is 13.5. The first kappa shape index (κ1) is 25.5. The second kappa shape index (κ2) is 9.82. The summed E-state index contributed by atoms with van der Waals surface area (Å²) >= 11 is 1.45. The molecule has 1 aromatic heterocycles. The van der Waals surface area contributed by atoms with Gasteiger partial charge in [-0.2, -0.15) is 0 Å². The van der Waals surface area contributed by atoms with Gasteiger partial charge in [-0.1, -0.05) is 26.8 Å². The molecule has 1 saturated heterocycles. The van der Waals surface area contributed by atoms with Gasteiger partial charge in [-0.3, -0.25) is 14.5 Å². The monoisotopic (exact) mass is 505 g/mol. The van der Waals surface area contributed by atoms with Crippen LogP contribution in [-0.2, 0) is 15.0 Å². The van der Waals surface area contributed by atoms with Gasteiger partial charge in [0.25, 0.3) is 11.7 Å². The van der Waals surface area contributed by atoms with E-state index in [1.807, 2.05) is 37.4 Å². The summed E-state index contributed by atoms with van der Waals surface area (Å²) in [4.78, 5) is 29.1. The van der Waals surface area contributed by atoms with E-state index >= 15 is 0 Å². The van der Waals surface area contributed by atoms with E-state index in [-0.39, 0.29) is 16.7 Å². The van der Waals surface area contributed by atoms with Crippen LogP contribution in [0.3, 0.4) is 0 Å². The lowest BCUT2D eigenvalue weighted by Gasteiger charge is -2.26. The Kier molecular flexibility index (Phi) is 6.96. The van der Waals surface area contributed by atoms with Crippen molar-refractivity contribution >= 4 is 34.5 Å². The van der Waals surface area contributed by atoms with Gasteiger partial charge < -0.3 is 14.6 Å². The number of aryl methyl sites for hydroxylation is 1. The minimum absolute atomic E-state index is 0.0670. The van der Waals surface area contributed by atoms with Crippen LogP contribution in [0.1, 0.15) is 55.3 Å². The van der Waals surface area contributed by atoms with Crippen LogP contribution in [-0.4, -0.2) is 30.5 Å². The number of carbonyl (C=O) groups is 2. The third kappa shape index (κ3) is 4.51. The predicted molar refractivity (Wildman–Crippen MR) is 143 cm³/mol. The zero-order valence-corrected chi connectivity index (χ0v) is 22.2. The number of hydrogen-bond donors (Lipinski definition) is 1. The maximum absolute atomic E-state index is 13.5. The Hall–Kier alpha value is -3.58. The molecule has 0 aliphatic carbocycles. The van der Waals surface area contributed by atoms with Crippen molar-refractivity contribution in [3.8, 4) is 11.5 Å². The van der Waals surface area contributed by atoms with Crippen LogP contribution in [0.25, 0.3) is 5.76 Å². The highest BCUT2D eigenvalue weighted by Crippen LogP contribution is 2.46. The van der Waals surface area contributed by atoms with E-state index in [1.54, 1.807) is 37.4 Å². The lowest BCUT2D eigenvalue weighted by molar-refractivity contribution is -0.132. The molecule has 1 unspecified atom stereocenters. The Labute approximate surface area is 215 Å². The number of ether oxygens (including phenoxy) is 2. The van der Waals surface area contributed by atoms with Crippen molar-refractivity contribution in [3.63, 3.8) is 0 Å². The summed E-state index contributed by atoms with van der Waals surface area (Å²) in [6.07, 6.45) is 0. The topological polar surface area (TPSA) is 76.1 Å². The number of anilines is 1. The van der Waals surface area contributed by atoms with Gasteiger partial charge in [0, 0.05) is 27.8 Å². The number of hydrogen-bond acceptors (Lipinski definition) is 6. The van der Waals surface area contributed by atoms with Crippen molar-refractivity contribution in [1.29, 1.82) is 0 Å². The molecule has 1 aliphatic heterocycles. The number of methoxy groups -OCH3 is 1. The molecule has 1 N–H and O–H groups in total. The Balaban J connectivity index is 1.94. The van der Waals surface area contributed by atoms with E-state index < -0.39 is 17.7 Å². The summed E-state index contributed by atoms with van der Waals surface area (Å²) in [5.41, 5.74) is 2.63. The molecule has 0 saturated carbocycles. The van der Waals surface area contributed by atoms with Gasteiger partial charge in [0.05, 0.1) is 19.3 Å². The van der Waals surface area contributed by atoms with Crippen LogP contribution in [0.2, 0.25) is 0 Å². The molecule has 1 atom stereocenters. The molecule has 188 valence electrons. The number of benzene rings is 2. The van der Waals surface area contributed by atoms with E-state index in [2.05, 4.69) is 20.8 Å². The first-order chi connectivity index (χ1) is 17.1. The minimum atomic E-state index is -0.762. The molecule has 1 aliphatic rings. The highest BCUT2D eigenvalue weighted by atomic mass is 32.1. The summed E-state index contributed by atoms with van der Waals surface area (Å²) in [6, 6.07) is 13.6. The van der Waals surface area contributed by atoms with Crippen molar-refractivity contribution in [2.45, 2.75) is 46.1 Å². The van der Waals surface area contributed by atoms with Crippen LogP contribution in [0.15, 0.2) is 59.5 Å². The molecule has 7 heteroatoms. The number of nitrogens with zero attached hydrogens (tertiary/aromatic N) is 1. The third-order valence-electron chi connectivity index (χ3n) is 6.29. The summed E-state index contributed by atoms with van der Waals surface area (Å²) < 4.78 is 11.2. The summed E-state index contributed by atoms with van der Waals surface area (Å²) in [7, 11) is 1.55. The highest BCUT2D eigenvalue weighted by molar-refractivity contribution is 7.10. The van der Waals surface area contributed by atoms with Crippen molar-refractivity contribution in [1.82, 2.24) is 0 Å². The van der Waals surface area contributed by atoms with Gasteiger partial charge >= 0.3 is 0 Å². The average Bonchev–Trinajstić information content (AvgIpc) is 3.38. The van der Waals surface area contributed by atoms with Crippen molar-refractivity contribution in [3.05, 3.63) is 81.1 Å². The fraction of sp³-hybridized carbons (Fsp3) is 0.310. The largest absolute Gasteiger partial charge is 0.507 e.